The first-order valence-electron chi connectivity index (χ1n) is 20.5. The molecule has 5 nitrogen and oxygen atoms in total. The summed E-state index contributed by atoms with van der Waals surface area (Å²) >= 11 is -2.03. The Hall–Kier alpha value is -5.14. The van der Waals surface area contributed by atoms with E-state index in [4.69, 9.17) is 10.8 Å². The van der Waals surface area contributed by atoms with Crippen LogP contribution in [0.2, 0.25) is 17.3 Å². The quantitative estimate of drug-likeness (QED) is 0.123. The Balaban J connectivity index is 0.000000220. The van der Waals surface area contributed by atoms with Gasteiger partial charge in [0.1, 0.15) is 0 Å². The molecule has 0 bridgehead atoms. The standard InChI is InChI=1S/C35H28N3O.C17H22GeN.Ir/c1-22-20-21-26-25-15-10-16-27(32(25)39-34(26)36-22)33-37-29-18-8-9-19-30(29)38(33)31-24(23-12-6-5-7-13-23)14-11-17-28(31)35(2,3)4;1-13(2)15-11-17(14-9-7-6-8-10-14)19-12-16(15)18(3,4)5;/h5-15,17-21H,1-4H3;6-9,11-13H,1-5H3;/q2*-1;/i;13D;. The van der Waals surface area contributed by atoms with E-state index in [1.807, 2.05) is 75.5 Å². The van der Waals surface area contributed by atoms with Crippen LogP contribution in [0.25, 0.3) is 72.6 Å². The van der Waals surface area contributed by atoms with Crippen molar-refractivity contribution in [2.75, 3.05) is 0 Å². The molecule has 7 heteroatoms. The monoisotopic (exact) mass is 1010 g/mol. The van der Waals surface area contributed by atoms with Crippen LogP contribution >= 0.6 is 0 Å². The average Bonchev–Trinajstić information content (AvgIpc) is 3.78. The second-order valence-electron chi connectivity index (χ2n) is 17.2. The maximum atomic E-state index is 8.44. The number of aromatic nitrogens is 4. The second kappa shape index (κ2) is 16.8. The molecule has 0 unspecified atom stereocenters. The van der Waals surface area contributed by atoms with Crippen molar-refractivity contribution in [1.29, 1.82) is 0 Å². The molecule has 9 aromatic rings. The molecule has 0 N–H and O–H groups in total. The fourth-order valence-corrected chi connectivity index (χ4v) is 11.0. The van der Waals surface area contributed by atoms with E-state index in [2.05, 4.69) is 144 Å². The Kier molecular flexibility index (Phi) is 11.6. The van der Waals surface area contributed by atoms with Crippen LogP contribution in [-0.2, 0) is 25.5 Å². The van der Waals surface area contributed by atoms with Gasteiger partial charge in [0.05, 0.1) is 28.1 Å². The Morgan fingerprint density at radius 2 is 1.53 bits per heavy atom. The van der Waals surface area contributed by atoms with Crippen molar-refractivity contribution in [2.24, 2.45) is 0 Å². The van der Waals surface area contributed by atoms with E-state index in [1.54, 1.807) is 0 Å². The molecule has 299 valence electrons. The molecular weight excluding hydrogens is 961 g/mol. The van der Waals surface area contributed by atoms with Gasteiger partial charge in [-0.3, -0.25) is 4.98 Å². The topological polar surface area (TPSA) is 56.7 Å². The van der Waals surface area contributed by atoms with Crippen LogP contribution < -0.4 is 4.40 Å². The van der Waals surface area contributed by atoms with Gasteiger partial charge in [0.25, 0.3) is 0 Å². The Morgan fingerprint density at radius 3 is 2.24 bits per heavy atom. The van der Waals surface area contributed by atoms with E-state index in [-0.39, 0.29) is 25.5 Å². The minimum absolute atomic E-state index is 0. The van der Waals surface area contributed by atoms with E-state index in [0.29, 0.717) is 5.71 Å². The molecule has 5 aromatic carbocycles. The van der Waals surface area contributed by atoms with Crippen LogP contribution in [0.4, 0.5) is 0 Å². The zero-order valence-corrected chi connectivity index (χ0v) is 39.7. The molecule has 0 saturated carbocycles. The molecule has 4 heterocycles. The molecule has 0 atom stereocenters. The molecule has 9 rings (SSSR count). The van der Waals surface area contributed by atoms with E-state index in [9.17, 15) is 0 Å². The SMILES string of the molecule is Cc1ccc2c(n1)oc1c(-c3nc4ccccc4n3-c3c(-c4ccccc4)cccc3C(C)(C)C)[c-]ccc12.[2H]C(C)(C)c1cc(-c2[c-]cccc2)nc[c]1[Ge]([CH3])([CH3])[CH3].[Ir]. The molecule has 0 amide bonds. The number of benzene rings is 5. The smallest absolute Gasteiger partial charge is 0 e. The molecule has 0 aliphatic heterocycles. The van der Waals surface area contributed by atoms with Crippen molar-refractivity contribution >= 4 is 50.8 Å². The predicted octanol–water partition coefficient (Wildman–Crippen LogP) is 13.3. The third kappa shape index (κ3) is 8.36. The summed E-state index contributed by atoms with van der Waals surface area (Å²) in [6.07, 6.45) is 2.00. The van der Waals surface area contributed by atoms with Crippen LogP contribution in [0.1, 0.15) is 58.7 Å². The average molecular weight is 1010 g/mol. The van der Waals surface area contributed by atoms with Gasteiger partial charge in [0.15, 0.2) is 0 Å². The summed E-state index contributed by atoms with van der Waals surface area (Å²) in [4.78, 5) is 14.5. The number of aryl methyl sites for hydroxylation is 1. The van der Waals surface area contributed by atoms with Gasteiger partial charge in [-0.1, -0.05) is 92.4 Å². The minimum atomic E-state index is -2.03. The maximum absolute atomic E-state index is 8.44. The van der Waals surface area contributed by atoms with E-state index in [1.165, 1.54) is 9.96 Å². The fourth-order valence-electron chi connectivity index (χ4n) is 7.71. The van der Waals surface area contributed by atoms with Crippen molar-refractivity contribution in [3.63, 3.8) is 0 Å². The maximum Gasteiger partial charge on any atom is 0 e. The van der Waals surface area contributed by atoms with E-state index >= 15 is 0 Å². The Labute approximate surface area is 366 Å². The summed E-state index contributed by atoms with van der Waals surface area (Å²) in [5.41, 5.74) is 12.7. The van der Waals surface area contributed by atoms with Crippen LogP contribution in [0.3, 0.4) is 0 Å². The van der Waals surface area contributed by atoms with Gasteiger partial charge < -0.3 is 8.98 Å². The van der Waals surface area contributed by atoms with Crippen molar-refractivity contribution in [1.82, 2.24) is 19.5 Å². The van der Waals surface area contributed by atoms with Gasteiger partial charge in [-0.15, -0.1) is 18.2 Å². The van der Waals surface area contributed by atoms with Crippen LogP contribution in [0, 0.1) is 19.1 Å². The summed E-state index contributed by atoms with van der Waals surface area (Å²) in [5.74, 6) is 7.24. The van der Waals surface area contributed by atoms with Crippen LogP contribution in [-0.4, -0.2) is 32.8 Å². The second-order valence-corrected chi connectivity index (χ2v) is 27.8. The van der Waals surface area contributed by atoms with Gasteiger partial charge in [-0.05, 0) is 47.7 Å². The number of fused-ring (bicyclic) bond motifs is 4. The zero-order chi connectivity index (χ0) is 41.7. The van der Waals surface area contributed by atoms with Crippen LogP contribution in [0.5, 0.6) is 0 Å². The summed E-state index contributed by atoms with van der Waals surface area (Å²) in [5, 5.41) is 2.01. The summed E-state index contributed by atoms with van der Waals surface area (Å²) in [6, 6.07) is 50.3. The summed E-state index contributed by atoms with van der Waals surface area (Å²) in [7, 11) is 0. The summed E-state index contributed by atoms with van der Waals surface area (Å²) in [6.45, 7) is 12.7. The molecule has 0 aliphatic rings. The van der Waals surface area contributed by atoms with Gasteiger partial charge in [0.2, 0.25) is 5.71 Å². The number of nitrogens with zero attached hydrogens (tertiary/aromatic N) is 4. The number of hydrogen-bond acceptors (Lipinski definition) is 4. The van der Waals surface area contributed by atoms with E-state index in [0.717, 1.165) is 78.1 Å². The molecular formula is C52H50GeIrN4O-2. The first kappa shape index (κ1) is 40.6. The van der Waals surface area contributed by atoms with Crippen molar-refractivity contribution in [2.45, 2.75) is 70.1 Å². The molecule has 59 heavy (non-hydrogen) atoms. The molecule has 4 aromatic heterocycles. The molecule has 1 radical (unpaired) electrons. The molecule has 0 spiro atoms. The third-order valence-corrected chi connectivity index (χ3v) is 14.8. The number of pyridine rings is 2. The molecule has 0 aliphatic carbocycles. The molecule has 0 fully saturated rings. The first-order chi connectivity index (χ1) is 28.1. The number of imidazole rings is 1. The van der Waals surface area contributed by atoms with Gasteiger partial charge >= 0.3 is 120 Å². The Bertz CT molecular complexity index is 2960. The van der Waals surface area contributed by atoms with Crippen molar-refractivity contribution < 1.29 is 25.9 Å². The summed E-state index contributed by atoms with van der Waals surface area (Å²) < 4.78 is 18.5. The number of rotatable bonds is 6. The largest absolute Gasteiger partial charge is 0 e. The van der Waals surface area contributed by atoms with Crippen molar-refractivity contribution in [3.8, 4) is 39.5 Å². The van der Waals surface area contributed by atoms with E-state index < -0.39 is 19.2 Å². The minimum Gasteiger partial charge on any atom is 0 e. The van der Waals surface area contributed by atoms with Gasteiger partial charge in [-0.2, -0.15) is 0 Å². The number of furan rings is 1. The van der Waals surface area contributed by atoms with Gasteiger partial charge in [-0.25, -0.2) is 4.98 Å². The fraction of sp³-hybridized carbons (Fsp3) is 0.212. The molecule has 0 saturated heterocycles. The number of hydrogen-bond donors (Lipinski definition) is 0. The first-order valence-corrected chi connectivity index (χ1v) is 27.3. The number of para-hydroxylation sites is 3. The zero-order valence-electron chi connectivity index (χ0n) is 36.2. The third-order valence-electron chi connectivity index (χ3n) is 10.6. The predicted molar refractivity (Wildman–Crippen MR) is 245 cm³/mol. The Morgan fingerprint density at radius 1 is 0.780 bits per heavy atom. The van der Waals surface area contributed by atoms with Gasteiger partial charge in [0, 0.05) is 36.7 Å². The van der Waals surface area contributed by atoms with Crippen molar-refractivity contribution in [3.05, 3.63) is 163 Å². The normalized spacial score (nSPS) is 12.3. The van der Waals surface area contributed by atoms with Crippen LogP contribution in [0.15, 0.2) is 138 Å².